The van der Waals surface area contributed by atoms with Gasteiger partial charge in [0.15, 0.2) is 0 Å². The number of hydrogen-bond acceptors (Lipinski definition) is 3. The normalized spacial score (nSPS) is 14.6. The molecule has 1 aliphatic rings. The van der Waals surface area contributed by atoms with Crippen molar-refractivity contribution in [1.82, 2.24) is 4.90 Å². The number of thiophene rings is 1. The zero-order valence-electron chi connectivity index (χ0n) is 13.2. The zero-order valence-corrected chi connectivity index (χ0v) is 14.0. The first kappa shape index (κ1) is 15.7. The number of benzene rings is 1. The van der Waals surface area contributed by atoms with Crippen LogP contribution in [0, 0.1) is 6.92 Å². The van der Waals surface area contributed by atoms with E-state index < -0.39 is 0 Å². The molecule has 0 saturated carbocycles. The Morgan fingerprint density at radius 2 is 1.74 bits per heavy atom. The Morgan fingerprint density at radius 3 is 2.35 bits per heavy atom. The molecular formula is C18H20N2O2S. The summed E-state index contributed by atoms with van der Waals surface area (Å²) in [6.45, 7) is 3.43. The number of hydrogen-bond donors (Lipinski definition) is 0. The summed E-state index contributed by atoms with van der Waals surface area (Å²) in [7, 11) is 0. The number of nitrogens with zero attached hydrogens (tertiary/aromatic N) is 2. The number of carbonyl (C=O) groups is 2. The highest BCUT2D eigenvalue weighted by molar-refractivity contribution is 7.12. The highest BCUT2D eigenvalue weighted by Crippen LogP contribution is 2.23. The highest BCUT2D eigenvalue weighted by Gasteiger charge is 2.30. The average Bonchev–Trinajstić information content (AvgIpc) is 3.12. The van der Waals surface area contributed by atoms with Crippen molar-refractivity contribution in [2.45, 2.75) is 26.2 Å². The van der Waals surface area contributed by atoms with Gasteiger partial charge in [0.05, 0.1) is 10.6 Å². The molecule has 0 spiro atoms. The number of amides is 3. The number of piperidine rings is 1. The topological polar surface area (TPSA) is 40.6 Å². The first-order chi connectivity index (χ1) is 11.2. The molecular weight excluding hydrogens is 308 g/mol. The van der Waals surface area contributed by atoms with Crippen LogP contribution in [0.5, 0.6) is 0 Å². The monoisotopic (exact) mass is 328 g/mol. The smallest absolute Gasteiger partial charge is 0.324 e. The third-order valence-electron chi connectivity index (χ3n) is 4.05. The third kappa shape index (κ3) is 3.45. The average molecular weight is 328 g/mol. The fourth-order valence-electron chi connectivity index (χ4n) is 2.75. The molecule has 0 aliphatic carbocycles. The summed E-state index contributed by atoms with van der Waals surface area (Å²) in [5.74, 6) is -0.251. The zero-order chi connectivity index (χ0) is 16.2. The van der Waals surface area contributed by atoms with E-state index >= 15 is 0 Å². The van der Waals surface area contributed by atoms with Crippen LogP contribution < -0.4 is 4.90 Å². The molecule has 4 nitrogen and oxygen atoms in total. The molecule has 0 radical (unpaired) electrons. The molecule has 120 valence electrons. The summed E-state index contributed by atoms with van der Waals surface area (Å²) in [4.78, 5) is 29.5. The number of aryl methyl sites for hydroxylation is 1. The number of carbonyl (C=O) groups excluding carboxylic acids is 2. The second kappa shape index (κ2) is 6.96. The van der Waals surface area contributed by atoms with Crippen LogP contribution in [0.2, 0.25) is 0 Å². The predicted octanol–water partition coefficient (Wildman–Crippen LogP) is 4.31. The Labute approximate surface area is 140 Å². The molecule has 0 atom stereocenters. The maximum absolute atomic E-state index is 13.0. The summed E-state index contributed by atoms with van der Waals surface area (Å²) in [5, 5.41) is 1.85. The van der Waals surface area contributed by atoms with Gasteiger partial charge in [0.25, 0.3) is 5.91 Å². The minimum Gasteiger partial charge on any atom is -0.324 e. The molecule has 1 fully saturated rings. The van der Waals surface area contributed by atoms with Crippen LogP contribution in [0.4, 0.5) is 10.5 Å². The minimum atomic E-state index is -0.251. The lowest BCUT2D eigenvalue weighted by Gasteiger charge is -2.31. The summed E-state index contributed by atoms with van der Waals surface area (Å²) < 4.78 is 0. The van der Waals surface area contributed by atoms with Gasteiger partial charge in [-0.3, -0.25) is 4.79 Å². The van der Waals surface area contributed by atoms with Crippen LogP contribution in [0.1, 0.15) is 34.5 Å². The van der Waals surface area contributed by atoms with Crippen molar-refractivity contribution in [2.24, 2.45) is 0 Å². The number of urea groups is 1. The van der Waals surface area contributed by atoms with Crippen molar-refractivity contribution < 1.29 is 9.59 Å². The Balaban J connectivity index is 1.93. The van der Waals surface area contributed by atoms with E-state index in [0.717, 1.165) is 37.9 Å². The van der Waals surface area contributed by atoms with Gasteiger partial charge in [0, 0.05) is 13.1 Å². The lowest BCUT2D eigenvalue weighted by atomic mass is 10.1. The van der Waals surface area contributed by atoms with Crippen LogP contribution in [0.15, 0.2) is 41.8 Å². The highest BCUT2D eigenvalue weighted by atomic mass is 32.1. The maximum atomic E-state index is 13.0. The number of rotatable bonds is 2. The largest absolute Gasteiger partial charge is 0.331 e. The molecule has 23 heavy (non-hydrogen) atoms. The fraction of sp³-hybridized carbons (Fsp3) is 0.333. The van der Waals surface area contributed by atoms with Crippen molar-refractivity contribution in [3.63, 3.8) is 0 Å². The lowest BCUT2D eigenvalue weighted by Crippen LogP contribution is -2.48. The summed E-state index contributed by atoms with van der Waals surface area (Å²) in [5.41, 5.74) is 1.73. The molecule has 0 N–H and O–H groups in total. The molecule has 1 saturated heterocycles. The van der Waals surface area contributed by atoms with Crippen LogP contribution >= 0.6 is 11.3 Å². The van der Waals surface area contributed by atoms with Gasteiger partial charge in [-0.15, -0.1) is 11.3 Å². The van der Waals surface area contributed by atoms with Crippen LogP contribution in [0.25, 0.3) is 0 Å². The van der Waals surface area contributed by atoms with Crippen molar-refractivity contribution in [1.29, 1.82) is 0 Å². The summed E-state index contributed by atoms with van der Waals surface area (Å²) in [6.07, 6.45) is 3.15. The van der Waals surface area contributed by atoms with E-state index in [0.29, 0.717) is 10.6 Å². The molecule has 1 aliphatic heterocycles. The lowest BCUT2D eigenvalue weighted by molar-refractivity contribution is 0.0987. The SMILES string of the molecule is Cc1ccc(N(C(=O)c2cccs2)C(=O)N2CCCCC2)cc1. The van der Waals surface area contributed by atoms with E-state index in [1.165, 1.54) is 16.2 Å². The van der Waals surface area contributed by atoms with E-state index in [4.69, 9.17) is 0 Å². The number of anilines is 1. The second-order valence-electron chi connectivity index (χ2n) is 5.78. The quantitative estimate of drug-likeness (QED) is 0.824. The Bertz CT molecular complexity index is 674. The Hall–Kier alpha value is -2.14. The van der Waals surface area contributed by atoms with Gasteiger partial charge in [-0.1, -0.05) is 23.8 Å². The van der Waals surface area contributed by atoms with Crippen LogP contribution in [-0.4, -0.2) is 29.9 Å². The van der Waals surface area contributed by atoms with Crippen LogP contribution in [0.3, 0.4) is 0 Å². The van der Waals surface area contributed by atoms with Crippen molar-refractivity contribution in [2.75, 3.05) is 18.0 Å². The van der Waals surface area contributed by atoms with Crippen molar-refractivity contribution in [3.8, 4) is 0 Å². The third-order valence-corrected chi connectivity index (χ3v) is 4.90. The molecule has 5 heteroatoms. The van der Waals surface area contributed by atoms with Gasteiger partial charge >= 0.3 is 6.03 Å². The molecule has 0 unspecified atom stereocenters. The van der Waals surface area contributed by atoms with Gasteiger partial charge in [-0.25, -0.2) is 9.69 Å². The van der Waals surface area contributed by atoms with Crippen molar-refractivity contribution in [3.05, 3.63) is 52.2 Å². The van der Waals surface area contributed by atoms with E-state index in [9.17, 15) is 9.59 Å². The molecule has 0 bridgehead atoms. The van der Waals surface area contributed by atoms with Gasteiger partial charge in [0.2, 0.25) is 0 Å². The van der Waals surface area contributed by atoms with E-state index in [2.05, 4.69) is 0 Å². The van der Waals surface area contributed by atoms with E-state index in [1.54, 1.807) is 11.0 Å². The Kier molecular flexibility index (Phi) is 4.76. The van der Waals surface area contributed by atoms with E-state index in [1.807, 2.05) is 42.6 Å². The predicted molar refractivity (Wildman–Crippen MR) is 93.1 cm³/mol. The van der Waals surface area contributed by atoms with E-state index in [-0.39, 0.29) is 11.9 Å². The van der Waals surface area contributed by atoms with Gasteiger partial charge in [0.1, 0.15) is 0 Å². The Morgan fingerprint density at radius 1 is 1.04 bits per heavy atom. The van der Waals surface area contributed by atoms with Crippen LogP contribution in [-0.2, 0) is 0 Å². The maximum Gasteiger partial charge on any atom is 0.331 e. The first-order valence-electron chi connectivity index (χ1n) is 7.90. The molecule has 1 aromatic carbocycles. The van der Waals surface area contributed by atoms with Gasteiger partial charge in [-0.2, -0.15) is 0 Å². The molecule has 3 rings (SSSR count). The van der Waals surface area contributed by atoms with Crippen molar-refractivity contribution >= 4 is 29.0 Å². The second-order valence-corrected chi connectivity index (χ2v) is 6.73. The standard InChI is InChI=1S/C18H20N2O2S/c1-14-7-9-15(10-8-14)20(17(21)16-6-5-13-23-16)18(22)19-11-3-2-4-12-19/h5-10,13H,2-4,11-12H2,1H3. The number of imide groups is 1. The molecule has 3 amide bonds. The van der Waals surface area contributed by atoms with Gasteiger partial charge < -0.3 is 4.90 Å². The molecule has 1 aromatic heterocycles. The molecule has 2 heterocycles. The summed E-state index contributed by atoms with van der Waals surface area (Å²) in [6, 6.07) is 10.9. The first-order valence-corrected chi connectivity index (χ1v) is 8.78. The minimum absolute atomic E-state index is 0.216. The number of likely N-dealkylation sites (tertiary alicyclic amines) is 1. The van der Waals surface area contributed by atoms with Gasteiger partial charge in [-0.05, 0) is 49.8 Å². The molecule has 2 aromatic rings. The summed E-state index contributed by atoms with van der Waals surface area (Å²) >= 11 is 1.36. The fourth-order valence-corrected chi connectivity index (χ4v) is 3.40.